The van der Waals surface area contributed by atoms with Crippen molar-refractivity contribution in [3.05, 3.63) is 79.4 Å². The van der Waals surface area contributed by atoms with Crippen LogP contribution in [0.25, 0.3) is 10.8 Å². The van der Waals surface area contributed by atoms with Crippen molar-refractivity contribution >= 4 is 28.3 Å². The normalized spacial score (nSPS) is 16.9. The Morgan fingerprint density at radius 3 is 2.13 bits per heavy atom. The van der Waals surface area contributed by atoms with Crippen LogP contribution < -0.4 is 21.6 Å². The topological polar surface area (TPSA) is 95.9 Å². The van der Waals surface area contributed by atoms with Gasteiger partial charge in [0.2, 0.25) is 10.9 Å². The molecule has 5 rings (SSSR count). The first-order chi connectivity index (χ1) is 14.6. The number of carbonyl (C=O) groups is 2. The minimum absolute atomic E-state index is 0.0854. The van der Waals surface area contributed by atoms with Gasteiger partial charge in [-0.3, -0.25) is 29.5 Å². The molecule has 0 spiro atoms. The number of nitrogens with one attached hydrogen (secondary N) is 1. The third-order valence-corrected chi connectivity index (χ3v) is 6.02. The lowest BCUT2D eigenvalue weighted by atomic mass is 9.94. The highest BCUT2D eigenvalue weighted by Crippen LogP contribution is 2.34. The number of hydrogen-bond acceptors (Lipinski definition) is 6. The Bertz CT molecular complexity index is 1300. The van der Waals surface area contributed by atoms with E-state index in [0.29, 0.717) is 22.0 Å². The maximum atomic E-state index is 13.1. The van der Waals surface area contributed by atoms with Crippen molar-refractivity contribution in [3.63, 3.8) is 0 Å². The van der Waals surface area contributed by atoms with Crippen molar-refractivity contribution in [2.75, 3.05) is 5.43 Å². The smallest absolute Gasteiger partial charge is 0.263 e. The Labute approximate surface area is 171 Å². The van der Waals surface area contributed by atoms with Crippen LogP contribution in [0.15, 0.2) is 57.2 Å². The van der Waals surface area contributed by atoms with Gasteiger partial charge in [0.05, 0.1) is 16.8 Å². The van der Waals surface area contributed by atoms with Gasteiger partial charge in [0.1, 0.15) is 0 Å². The van der Waals surface area contributed by atoms with Gasteiger partial charge in [-0.25, -0.2) is 0 Å². The van der Waals surface area contributed by atoms with Gasteiger partial charge >= 0.3 is 0 Å². The van der Waals surface area contributed by atoms with Gasteiger partial charge in [0.25, 0.3) is 11.8 Å². The zero-order chi connectivity index (χ0) is 20.8. The summed E-state index contributed by atoms with van der Waals surface area (Å²) in [6.07, 6.45) is 4.76. The largest absolute Gasteiger partial charge is 0.287 e. The van der Waals surface area contributed by atoms with Gasteiger partial charge < -0.3 is 0 Å². The molecule has 1 N–H and O–H groups in total. The third-order valence-electron chi connectivity index (χ3n) is 6.02. The molecule has 1 fully saturated rings. The molecule has 0 bridgehead atoms. The fraction of sp³-hybridized carbons (Fsp3) is 0.261. The molecule has 0 saturated heterocycles. The summed E-state index contributed by atoms with van der Waals surface area (Å²) < 4.78 is 0. The molecule has 1 heterocycles. The molecular weight excluding hydrogens is 382 g/mol. The van der Waals surface area contributed by atoms with Crippen molar-refractivity contribution in [2.45, 2.75) is 38.1 Å². The summed E-state index contributed by atoms with van der Waals surface area (Å²) in [5.74, 6) is -0.642. The number of benzene rings is 2. The first-order valence-corrected chi connectivity index (χ1v) is 10.1. The van der Waals surface area contributed by atoms with Crippen LogP contribution in [0.3, 0.4) is 0 Å². The van der Waals surface area contributed by atoms with Crippen LogP contribution in [0.1, 0.15) is 52.8 Å². The molecule has 0 atom stereocenters. The van der Waals surface area contributed by atoms with E-state index >= 15 is 0 Å². The molecule has 0 unspecified atom stereocenters. The van der Waals surface area contributed by atoms with E-state index < -0.39 is 10.9 Å². The molecule has 0 radical (unpaired) electrons. The maximum absolute atomic E-state index is 13.1. The van der Waals surface area contributed by atoms with E-state index in [0.717, 1.165) is 32.1 Å². The van der Waals surface area contributed by atoms with E-state index in [9.17, 15) is 19.2 Å². The molecular formula is C23H19N3O4. The van der Waals surface area contributed by atoms with Crippen LogP contribution in [0.4, 0.5) is 5.69 Å². The van der Waals surface area contributed by atoms with Gasteiger partial charge in [-0.05, 0) is 25.0 Å². The quantitative estimate of drug-likeness (QED) is 0.537. The Hall–Kier alpha value is -3.61. The molecule has 150 valence electrons. The summed E-state index contributed by atoms with van der Waals surface area (Å²) in [5, 5.41) is 4.43. The number of amides is 2. The van der Waals surface area contributed by atoms with Crippen molar-refractivity contribution in [1.29, 1.82) is 0 Å². The lowest BCUT2D eigenvalue weighted by Crippen LogP contribution is -2.41. The predicted octanol–water partition coefficient (Wildman–Crippen LogP) is 2.29. The number of fused-ring (bicyclic) bond motifs is 2. The summed E-state index contributed by atoms with van der Waals surface area (Å²) in [6.45, 7) is 0. The van der Waals surface area contributed by atoms with Crippen LogP contribution in [-0.2, 0) is 0 Å². The van der Waals surface area contributed by atoms with Gasteiger partial charge in [0.15, 0.2) is 5.36 Å². The first kappa shape index (κ1) is 18.4. The molecule has 7 heteroatoms. The van der Waals surface area contributed by atoms with Crippen LogP contribution in [0.2, 0.25) is 0 Å². The number of carbonyl (C=O) groups excluding carboxylic acids is 2. The summed E-state index contributed by atoms with van der Waals surface area (Å²) in [5.41, 5.74) is 2.67. The SMILES string of the molecule is O=C1c2cccc(NN=c3c(=O)c4ccccc4c3=O)c2C(=O)N1C1CCCCC1. The average Bonchev–Trinajstić information content (AvgIpc) is 3.18. The van der Waals surface area contributed by atoms with Gasteiger partial charge in [-0.2, -0.15) is 5.10 Å². The van der Waals surface area contributed by atoms with Crippen molar-refractivity contribution in [2.24, 2.45) is 5.10 Å². The van der Waals surface area contributed by atoms with E-state index in [-0.39, 0.29) is 28.8 Å². The molecule has 0 aromatic heterocycles. The summed E-state index contributed by atoms with van der Waals surface area (Å²) >= 11 is 0. The number of imide groups is 1. The van der Waals surface area contributed by atoms with Crippen LogP contribution in [-0.4, -0.2) is 22.8 Å². The fourth-order valence-corrected chi connectivity index (χ4v) is 4.52. The molecule has 30 heavy (non-hydrogen) atoms. The van der Waals surface area contributed by atoms with E-state index in [4.69, 9.17) is 0 Å². The summed E-state index contributed by atoms with van der Waals surface area (Å²) in [4.78, 5) is 52.4. The first-order valence-electron chi connectivity index (χ1n) is 10.1. The molecule has 7 nitrogen and oxygen atoms in total. The Morgan fingerprint density at radius 1 is 0.800 bits per heavy atom. The second-order valence-corrected chi connectivity index (χ2v) is 7.78. The van der Waals surface area contributed by atoms with Gasteiger partial charge in [0, 0.05) is 16.8 Å². The monoisotopic (exact) mass is 401 g/mol. The zero-order valence-corrected chi connectivity index (χ0v) is 16.2. The molecule has 1 saturated carbocycles. The zero-order valence-electron chi connectivity index (χ0n) is 16.2. The van der Waals surface area contributed by atoms with Gasteiger partial charge in [-0.1, -0.05) is 49.6 Å². The van der Waals surface area contributed by atoms with Crippen molar-refractivity contribution in [3.8, 4) is 0 Å². The summed E-state index contributed by atoms with van der Waals surface area (Å²) in [6, 6.07) is 11.4. The molecule has 3 aromatic rings. The van der Waals surface area contributed by atoms with E-state index in [1.54, 1.807) is 42.5 Å². The second kappa shape index (κ2) is 7.02. The van der Waals surface area contributed by atoms with Gasteiger partial charge in [-0.15, -0.1) is 0 Å². The number of anilines is 1. The molecule has 2 aliphatic rings. The second-order valence-electron chi connectivity index (χ2n) is 7.78. The molecule has 2 amide bonds. The Balaban J connectivity index is 1.55. The highest BCUT2D eigenvalue weighted by atomic mass is 16.2. The fourth-order valence-electron chi connectivity index (χ4n) is 4.52. The van der Waals surface area contributed by atoms with Crippen LogP contribution in [0.5, 0.6) is 0 Å². The Kier molecular flexibility index (Phi) is 4.31. The summed E-state index contributed by atoms with van der Waals surface area (Å²) in [7, 11) is 0. The van der Waals surface area contributed by atoms with Crippen LogP contribution >= 0.6 is 0 Å². The lowest BCUT2D eigenvalue weighted by Gasteiger charge is -2.29. The number of nitrogens with zero attached hydrogens (tertiary/aromatic N) is 2. The predicted molar refractivity (Wildman–Crippen MR) is 112 cm³/mol. The minimum Gasteiger partial charge on any atom is -0.287 e. The molecule has 1 aliphatic carbocycles. The Morgan fingerprint density at radius 2 is 1.47 bits per heavy atom. The van der Waals surface area contributed by atoms with E-state index in [1.807, 2.05) is 0 Å². The standard InChI is InChI=1S/C23H19N3O4/c27-20-14-9-4-5-10-15(14)21(28)19(20)25-24-17-12-6-11-16-18(17)23(30)26(22(16)29)13-7-2-1-3-8-13/h4-6,9-13,24H,1-3,7-8H2. The van der Waals surface area contributed by atoms with E-state index in [2.05, 4.69) is 10.5 Å². The van der Waals surface area contributed by atoms with Crippen LogP contribution in [0, 0.1) is 0 Å². The van der Waals surface area contributed by atoms with Crippen molar-refractivity contribution in [1.82, 2.24) is 4.90 Å². The van der Waals surface area contributed by atoms with E-state index in [1.165, 1.54) is 4.90 Å². The minimum atomic E-state index is -0.457. The average molecular weight is 401 g/mol. The third kappa shape index (κ3) is 2.69. The number of rotatable bonds is 3. The number of hydrogen-bond donors (Lipinski definition) is 1. The molecule has 3 aromatic carbocycles. The van der Waals surface area contributed by atoms with Crippen molar-refractivity contribution < 1.29 is 9.59 Å². The lowest BCUT2D eigenvalue weighted by molar-refractivity contribution is 0.0549. The molecule has 1 aliphatic heterocycles. The highest BCUT2D eigenvalue weighted by molar-refractivity contribution is 6.24. The highest BCUT2D eigenvalue weighted by Gasteiger charge is 2.41. The maximum Gasteiger partial charge on any atom is 0.263 e.